The molecule has 3 heterocycles. The van der Waals surface area contributed by atoms with Crippen molar-refractivity contribution in [1.82, 2.24) is 19.9 Å². The second-order valence-corrected chi connectivity index (χ2v) is 9.99. The largest absolute Gasteiger partial charge is 0.385 e. The smallest absolute Gasteiger partial charge is 0.254 e. The first kappa shape index (κ1) is 24.3. The lowest BCUT2D eigenvalue weighted by molar-refractivity contribution is -0.116. The number of rotatable bonds is 9. The zero-order chi connectivity index (χ0) is 24.2. The first-order valence-electron chi connectivity index (χ1n) is 11.9. The molecule has 2 amide bonds. The molecule has 4 rings (SSSR count). The average Bonchev–Trinajstić information content (AvgIpc) is 3.35. The number of amides is 2. The van der Waals surface area contributed by atoms with Crippen molar-refractivity contribution in [2.75, 3.05) is 25.6 Å². The van der Waals surface area contributed by atoms with Gasteiger partial charge in [0.25, 0.3) is 5.91 Å². The number of aryl methyl sites for hydroxylation is 4. The summed E-state index contributed by atoms with van der Waals surface area (Å²) in [6.45, 7) is 7.08. The van der Waals surface area contributed by atoms with Gasteiger partial charge in [-0.3, -0.25) is 9.59 Å². The number of anilines is 1. The molecule has 9 heteroatoms. The van der Waals surface area contributed by atoms with Crippen molar-refractivity contribution in [2.45, 2.75) is 65.7 Å². The lowest BCUT2D eigenvalue weighted by Crippen LogP contribution is -2.27. The van der Waals surface area contributed by atoms with E-state index < -0.39 is 0 Å². The number of nitrogens with zero attached hydrogens (tertiary/aromatic N) is 3. The molecule has 3 aromatic rings. The van der Waals surface area contributed by atoms with Gasteiger partial charge in [0.1, 0.15) is 5.00 Å². The van der Waals surface area contributed by atoms with Gasteiger partial charge in [0.2, 0.25) is 5.91 Å². The fourth-order valence-corrected chi connectivity index (χ4v) is 5.93. The Kier molecular flexibility index (Phi) is 7.63. The summed E-state index contributed by atoms with van der Waals surface area (Å²) in [5.74, 6) is -0.205. The monoisotopic (exact) mass is 483 g/mol. The number of fused-ring (bicyclic) bond motifs is 2. The molecule has 1 aliphatic rings. The first-order valence-corrected chi connectivity index (χ1v) is 12.7. The van der Waals surface area contributed by atoms with E-state index in [-0.39, 0.29) is 11.8 Å². The highest BCUT2D eigenvalue weighted by atomic mass is 32.1. The van der Waals surface area contributed by atoms with Crippen LogP contribution < -0.4 is 10.6 Å². The van der Waals surface area contributed by atoms with E-state index in [0.717, 1.165) is 66.0 Å². The Morgan fingerprint density at radius 2 is 2.00 bits per heavy atom. The van der Waals surface area contributed by atoms with Gasteiger partial charge in [-0.15, -0.1) is 11.3 Å². The number of carbonyl (C=O) groups excluding carboxylic acids is 2. The Morgan fingerprint density at radius 3 is 2.79 bits per heavy atom. The SMILES string of the molecule is COCCCNC(=O)c1c(NC(=O)CCc2c(C)nc3cc(C)nn3c2C)sc2c1CCCC2. The Bertz CT molecular complexity index is 1210. The van der Waals surface area contributed by atoms with Crippen molar-refractivity contribution in [3.8, 4) is 0 Å². The number of hydrogen-bond donors (Lipinski definition) is 2. The van der Waals surface area contributed by atoms with Crippen LogP contribution in [-0.2, 0) is 28.8 Å². The molecule has 8 nitrogen and oxygen atoms in total. The molecule has 182 valence electrons. The molecule has 0 spiro atoms. The molecule has 34 heavy (non-hydrogen) atoms. The van der Waals surface area contributed by atoms with Crippen molar-refractivity contribution in [3.05, 3.63) is 44.7 Å². The highest BCUT2D eigenvalue weighted by Crippen LogP contribution is 2.38. The first-order chi connectivity index (χ1) is 16.4. The van der Waals surface area contributed by atoms with Crippen molar-refractivity contribution in [1.29, 1.82) is 0 Å². The van der Waals surface area contributed by atoms with Crippen LogP contribution in [0.2, 0.25) is 0 Å². The molecule has 0 saturated heterocycles. The highest BCUT2D eigenvalue weighted by Gasteiger charge is 2.26. The summed E-state index contributed by atoms with van der Waals surface area (Å²) in [4.78, 5) is 31.9. The molecule has 0 aliphatic heterocycles. The Morgan fingerprint density at radius 1 is 1.21 bits per heavy atom. The number of ether oxygens (including phenoxy) is 1. The number of methoxy groups -OCH3 is 1. The third-order valence-electron chi connectivity index (χ3n) is 6.35. The average molecular weight is 484 g/mol. The summed E-state index contributed by atoms with van der Waals surface area (Å²) in [5.41, 5.74) is 6.45. The topological polar surface area (TPSA) is 97.6 Å². The summed E-state index contributed by atoms with van der Waals surface area (Å²) in [5, 5.41) is 11.2. The number of aromatic nitrogens is 3. The van der Waals surface area contributed by atoms with Crippen LogP contribution in [0.25, 0.3) is 5.65 Å². The van der Waals surface area contributed by atoms with Gasteiger partial charge in [-0.2, -0.15) is 5.10 Å². The van der Waals surface area contributed by atoms with E-state index in [1.165, 1.54) is 4.88 Å². The van der Waals surface area contributed by atoms with Gasteiger partial charge in [-0.25, -0.2) is 9.50 Å². The van der Waals surface area contributed by atoms with Crippen LogP contribution in [0.3, 0.4) is 0 Å². The van der Waals surface area contributed by atoms with E-state index in [1.807, 2.05) is 31.4 Å². The summed E-state index contributed by atoms with van der Waals surface area (Å²) >= 11 is 1.55. The van der Waals surface area contributed by atoms with Crippen LogP contribution in [0.4, 0.5) is 5.00 Å². The van der Waals surface area contributed by atoms with Crippen molar-refractivity contribution in [2.24, 2.45) is 0 Å². The zero-order valence-corrected chi connectivity index (χ0v) is 21.2. The van der Waals surface area contributed by atoms with Gasteiger partial charge in [0, 0.05) is 49.0 Å². The maximum Gasteiger partial charge on any atom is 0.254 e. The van der Waals surface area contributed by atoms with Gasteiger partial charge in [0.05, 0.1) is 11.3 Å². The van der Waals surface area contributed by atoms with E-state index in [0.29, 0.717) is 36.6 Å². The number of nitrogens with one attached hydrogen (secondary N) is 2. The van der Waals surface area contributed by atoms with Crippen LogP contribution in [0, 0.1) is 20.8 Å². The molecule has 0 aromatic carbocycles. The second-order valence-electron chi connectivity index (χ2n) is 8.88. The molecule has 0 radical (unpaired) electrons. The third kappa shape index (κ3) is 5.15. The van der Waals surface area contributed by atoms with E-state index in [4.69, 9.17) is 4.74 Å². The number of hydrogen-bond acceptors (Lipinski definition) is 6. The normalized spacial score (nSPS) is 13.2. The minimum absolute atomic E-state index is 0.0948. The minimum atomic E-state index is -0.110. The van der Waals surface area contributed by atoms with Crippen molar-refractivity contribution in [3.63, 3.8) is 0 Å². The Balaban J connectivity index is 1.48. The van der Waals surface area contributed by atoms with Gasteiger partial charge in [-0.05, 0) is 70.4 Å². The molecule has 1 aliphatic carbocycles. The summed E-state index contributed by atoms with van der Waals surface area (Å²) in [7, 11) is 1.65. The van der Waals surface area contributed by atoms with Crippen LogP contribution in [0.15, 0.2) is 6.07 Å². The minimum Gasteiger partial charge on any atom is -0.385 e. The third-order valence-corrected chi connectivity index (χ3v) is 7.56. The van der Waals surface area contributed by atoms with Crippen LogP contribution in [0.1, 0.15) is 69.1 Å². The number of thiophene rings is 1. The molecule has 0 atom stereocenters. The Hall–Kier alpha value is -2.78. The summed E-state index contributed by atoms with van der Waals surface area (Å²) in [6.07, 6.45) is 5.67. The molecule has 0 unspecified atom stereocenters. The maximum absolute atomic E-state index is 13.0. The molecule has 0 saturated carbocycles. The van der Waals surface area contributed by atoms with Crippen LogP contribution in [0.5, 0.6) is 0 Å². The Labute approximate surface area is 204 Å². The van der Waals surface area contributed by atoms with E-state index in [1.54, 1.807) is 18.4 Å². The molecular weight excluding hydrogens is 450 g/mol. The van der Waals surface area contributed by atoms with Crippen LogP contribution >= 0.6 is 11.3 Å². The number of carbonyl (C=O) groups is 2. The maximum atomic E-state index is 13.0. The molecule has 0 fully saturated rings. The zero-order valence-electron chi connectivity index (χ0n) is 20.4. The van der Waals surface area contributed by atoms with Crippen LogP contribution in [-0.4, -0.2) is 46.7 Å². The standard InChI is InChI=1S/C25H33N5O3S/c1-15-14-21-27-16(2)18(17(3)30(21)29-15)10-11-22(31)28-25-23(24(32)26-12-7-13-33-4)19-8-5-6-9-20(19)34-25/h14H,5-13H2,1-4H3,(H,26,32)(H,28,31). The molecule has 3 aromatic heterocycles. The molecule has 2 N–H and O–H groups in total. The fraction of sp³-hybridized carbons (Fsp3) is 0.520. The van der Waals surface area contributed by atoms with E-state index in [9.17, 15) is 9.59 Å². The van der Waals surface area contributed by atoms with Gasteiger partial charge in [-0.1, -0.05) is 0 Å². The van der Waals surface area contributed by atoms with E-state index >= 15 is 0 Å². The highest BCUT2D eigenvalue weighted by molar-refractivity contribution is 7.17. The van der Waals surface area contributed by atoms with Gasteiger partial charge < -0.3 is 15.4 Å². The fourth-order valence-electron chi connectivity index (χ4n) is 4.63. The second kappa shape index (κ2) is 10.7. The summed E-state index contributed by atoms with van der Waals surface area (Å²) < 4.78 is 6.91. The molecule has 0 bridgehead atoms. The van der Waals surface area contributed by atoms with E-state index in [2.05, 4.69) is 20.7 Å². The van der Waals surface area contributed by atoms with Crippen molar-refractivity contribution < 1.29 is 14.3 Å². The van der Waals surface area contributed by atoms with Gasteiger partial charge >= 0.3 is 0 Å². The van der Waals surface area contributed by atoms with Gasteiger partial charge in [0.15, 0.2) is 5.65 Å². The lowest BCUT2D eigenvalue weighted by atomic mass is 9.95. The predicted octanol–water partition coefficient (Wildman–Crippen LogP) is 3.93. The molecular formula is C25H33N5O3S. The predicted molar refractivity (Wildman–Crippen MR) is 134 cm³/mol. The van der Waals surface area contributed by atoms with Crippen molar-refractivity contribution >= 4 is 33.8 Å². The quantitative estimate of drug-likeness (QED) is 0.450. The summed E-state index contributed by atoms with van der Waals surface area (Å²) in [6, 6.07) is 1.96. The lowest BCUT2D eigenvalue weighted by Gasteiger charge is -2.13.